The number of nitrogens with two attached hydrogens (primary N) is 1. The summed E-state index contributed by atoms with van der Waals surface area (Å²) in [7, 11) is 0. The molecule has 0 radical (unpaired) electrons. The predicted octanol–water partition coefficient (Wildman–Crippen LogP) is 4.28. The van der Waals surface area contributed by atoms with Gasteiger partial charge in [-0.15, -0.1) is 11.3 Å². The first-order chi connectivity index (χ1) is 11.5. The van der Waals surface area contributed by atoms with Crippen LogP contribution in [0.15, 0.2) is 42.0 Å². The Morgan fingerprint density at radius 2 is 2.04 bits per heavy atom. The van der Waals surface area contributed by atoms with Crippen molar-refractivity contribution in [2.24, 2.45) is 0 Å². The fourth-order valence-corrected chi connectivity index (χ4v) is 3.33. The van der Waals surface area contributed by atoms with Crippen molar-refractivity contribution in [1.29, 1.82) is 0 Å². The molecule has 0 bridgehead atoms. The standard InChI is InChI=1S/C16H12Cl2N4OS/c17-12-4-10(5-13(18)15(12)19)21-14(23)6-11-8-24-16(22-11)9-2-1-3-20-7-9/h1-5,7-8H,6,19H2,(H,21,23). The van der Waals surface area contributed by atoms with Crippen molar-refractivity contribution < 1.29 is 4.79 Å². The molecule has 3 aromatic rings. The van der Waals surface area contributed by atoms with Gasteiger partial charge in [0.05, 0.1) is 27.8 Å². The van der Waals surface area contributed by atoms with Gasteiger partial charge in [0.2, 0.25) is 5.91 Å². The second-order valence-electron chi connectivity index (χ2n) is 4.96. The fraction of sp³-hybridized carbons (Fsp3) is 0.0625. The van der Waals surface area contributed by atoms with E-state index in [1.807, 2.05) is 17.5 Å². The SMILES string of the molecule is Nc1c(Cl)cc(NC(=O)Cc2csc(-c3cccnc3)n2)cc1Cl. The van der Waals surface area contributed by atoms with Gasteiger partial charge in [-0.1, -0.05) is 23.2 Å². The van der Waals surface area contributed by atoms with Crippen LogP contribution in [-0.2, 0) is 11.2 Å². The first-order valence-electron chi connectivity index (χ1n) is 6.92. The van der Waals surface area contributed by atoms with E-state index in [2.05, 4.69) is 15.3 Å². The number of carbonyl (C=O) groups excluding carboxylic acids is 1. The molecule has 8 heteroatoms. The van der Waals surface area contributed by atoms with Gasteiger partial charge in [-0.2, -0.15) is 0 Å². The van der Waals surface area contributed by atoms with Crippen LogP contribution in [0.1, 0.15) is 5.69 Å². The number of carbonyl (C=O) groups is 1. The van der Waals surface area contributed by atoms with Gasteiger partial charge in [0, 0.05) is 29.0 Å². The van der Waals surface area contributed by atoms with Crippen molar-refractivity contribution in [3.05, 3.63) is 57.8 Å². The average Bonchev–Trinajstić information content (AvgIpc) is 3.01. The maximum absolute atomic E-state index is 12.2. The lowest BCUT2D eigenvalue weighted by atomic mass is 10.2. The summed E-state index contributed by atoms with van der Waals surface area (Å²) in [5.41, 5.74) is 8.06. The zero-order valence-electron chi connectivity index (χ0n) is 12.3. The summed E-state index contributed by atoms with van der Waals surface area (Å²) in [5, 5.41) is 6.01. The number of nitrogen functional groups attached to an aromatic ring is 1. The quantitative estimate of drug-likeness (QED) is 0.664. The number of anilines is 2. The number of rotatable bonds is 4. The normalized spacial score (nSPS) is 10.6. The zero-order chi connectivity index (χ0) is 17.1. The molecule has 1 aromatic carbocycles. The summed E-state index contributed by atoms with van der Waals surface area (Å²) >= 11 is 13.4. The number of thiazole rings is 1. The van der Waals surface area contributed by atoms with E-state index in [0.717, 1.165) is 10.6 Å². The molecule has 24 heavy (non-hydrogen) atoms. The Kier molecular flexibility index (Phi) is 4.99. The van der Waals surface area contributed by atoms with Crippen LogP contribution in [0.25, 0.3) is 10.6 Å². The van der Waals surface area contributed by atoms with Gasteiger partial charge < -0.3 is 11.1 Å². The van der Waals surface area contributed by atoms with Crippen molar-refractivity contribution in [2.45, 2.75) is 6.42 Å². The summed E-state index contributed by atoms with van der Waals surface area (Å²) in [4.78, 5) is 20.7. The molecule has 0 unspecified atom stereocenters. The van der Waals surface area contributed by atoms with Crippen molar-refractivity contribution in [1.82, 2.24) is 9.97 Å². The molecule has 0 spiro atoms. The maximum atomic E-state index is 12.2. The Bertz CT molecular complexity index is 860. The van der Waals surface area contributed by atoms with E-state index in [4.69, 9.17) is 28.9 Å². The summed E-state index contributed by atoms with van der Waals surface area (Å²) < 4.78 is 0. The number of pyridine rings is 1. The van der Waals surface area contributed by atoms with Crippen LogP contribution in [0.4, 0.5) is 11.4 Å². The highest BCUT2D eigenvalue weighted by Crippen LogP contribution is 2.31. The highest BCUT2D eigenvalue weighted by Gasteiger charge is 2.11. The lowest BCUT2D eigenvalue weighted by Gasteiger charge is -2.07. The van der Waals surface area contributed by atoms with Crippen LogP contribution >= 0.6 is 34.5 Å². The predicted molar refractivity (Wildman–Crippen MR) is 98.6 cm³/mol. The zero-order valence-corrected chi connectivity index (χ0v) is 14.6. The molecule has 5 nitrogen and oxygen atoms in total. The minimum Gasteiger partial charge on any atom is -0.396 e. The smallest absolute Gasteiger partial charge is 0.230 e. The first kappa shape index (κ1) is 16.7. The van der Waals surface area contributed by atoms with E-state index < -0.39 is 0 Å². The van der Waals surface area contributed by atoms with E-state index in [1.54, 1.807) is 24.5 Å². The monoisotopic (exact) mass is 378 g/mol. The van der Waals surface area contributed by atoms with Gasteiger partial charge in [-0.05, 0) is 24.3 Å². The number of hydrogen-bond donors (Lipinski definition) is 2. The largest absolute Gasteiger partial charge is 0.396 e. The first-order valence-corrected chi connectivity index (χ1v) is 8.55. The van der Waals surface area contributed by atoms with Crippen molar-refractivity contribution in [3.63, 3.8) is 0 Å². The lowest BCUT2D eigenvalue weighted by Crippen LogP contribution is -2.14. The van der Waals surface area contributed by atoms with Gasteiger partial charge in [-0.25, -0.2) is 4.98 Å². The number of benzene rings is 1. The Hall–Kier alpha value is -2.15. The molecule has 0 aliphatic heterocycles. The molecule has 0 atom stereocenters. The molecule has 122 valence electrons. The van der Waals surface area contributed by atoms with E-state index >= 15 is 0 Å². The Labute approximate surface area is 152 Å². The van der Waals surface area contributed by atoms with E-state index in [1.165, 1.54) is 11.3 Å². The maximum Gasteiger partial charge on any atom is 0.230 e. The van der Waals surface area contributed by atoms with Gasteiger partial charge in [0.15, 0.2) is 0 Å². The molecular formula is C16H12Cl2N4OS. The summed E-state index contributed by atoms with van der Waals surface area (Å²) in [6.45, 7) is 0. The molecule has 2 aromatic heterocycles. The lowest BCUT2D eigenvalue weighted by molar-refractivity contribution is -0.115. The third kappa shape index (κ3) is 3.84. The molecule has 2 heterocycles. The van der Waals surface area contributed by atoms with Gasteiger partial charge in [0.1, 0.15) is 5.01 Å². The summed E-state index contributed by atoms with van der Waals surface area (Å²) in [6, 6.07) is 6.89. The number of halogens is 2. The molecule has 3 N–H and O–H groups in total. The van der Waals surface area contributed by atoms with Crippen molar-refractivity contribution in [2.75, 3.05) is 11.1 Å². The third-order valence-corrected chi connectivity index (χ3v) is 4.73. The summed E-state index contributed by atoms with van der Waals surface area (Å²) in [5.74, 6) is -0.213. The van der Waals surface area contributed by atoms with Gasteiger partial charge in [0.25, 0.3) is 0 Å². The Morgan fingerprint density at radius 1 is 1.29 bits per heavy atom. The van der Waals surface area contributed by atoms with E-state index in [-0.39, 0.29) is 18.0 Å². The van der Waals surface area contributed by atoms with Crippen LogP contribution in [0, 0.1) is 0 Å². The molecule has 0 fully saturated rings. The number of nitrogens with one attached hydrogen (secondary N) is 1. The molecule has 0 saturated carbocycles. The van der Waals surface area contributed by atoms with Crippen molar-refractivity contribution in [3.8, 4) is 10.6 Å². The van der Waals surface area contributed by atoms with Crippen LogP contribution < -0.4 is 11.1 Å². The average molecular weight is 379 g/mol. The van der Waals surface area contributed by atoms with Crippen LogP contribution in [0.5, 0.6) is 0 Å². The minimum atomic E-state index is -0.213. The van der Waals surface area contributed by atoms with Crippen LogP contribution in [-0.4, -0.2) is 15.9 Å². The van der Waals surface area contributed by atoms with Gasteiger partial charge >= 0.3 is 0 Å². The number of nitrogens with zero attached hydrogens (tertiary/aromatic N) is 2. The molecule has 1 amide bonds. The van der Waals surface area contributed by atoms with Crippen molar-refractivity contribution >= 4 is 51.8 Å². The minimum absolute atomic E-state index is 0.149. The summed E-state index contributed by atoms with van der Waals surface area (Å²) in [6.07, 6.45) is 3.59. The van der Waals surface area contributed by atoms with Crippen LogP contribution in [0.2, 0.25) is 10.0 Å². The molecule has 3 rings (SSSR count). The number of aromatic nitrogens is 2. The second-order valence-corrected chi connectivity index (χ2v) is 6.64. The Morgan fingerprint density at radius 3 is 2.71 bits per heavy atom. The third-order valence-electron chi connectivity index (χ3n) is 3.16. The Balaban J connectivity index is 1.69. The fourth-order valence-electron chi connectivity index (χ4n) is 2.04. The molecule has 0 saturated heterocycles. The van der Waals surface area contributed by atoms with Gasteiger partial charge in [-0.3, -0.25) is 9.78 Å². The van der Waals surface area contributed by atoms with E-state index in [9.17, 15) is 4.79 Å². The molecule has 0 aliphatic rings. The van der Waals surface area contributed by atoms with E-state index in [0.29, 0.717) is 21.4 Å². The second kappa shape index (κ2) is 7.17. The number of amides is 1. The number of hydrogen-bond acceptors (Lipinski definition) is 5. The molecule has 0 aliphatic carbocycles. The molecular weight excluding hydrogens is 367 g/mol. The van der Waals surface area contributed by atoms with Crippen LogP contribution in [0.3, 0.4) is 0 Å². The highest BCUT2D eigenvalue weighted by atomic mass is 35.5. The highest BCUT2D eigenvalue weighted by molar-refractivity contribution is 7.13. The topological polar surface area (TPSA) is 80.9 Å².